The maximum absolute atomic E-state index is 13.2. The Labute approximate surface area is 232 Å². The molecular formula is C24H29ClF5N3O6S. The van der Waals surface area contributed by atoms with Crippen LogP contribution in [0.5, 0.6) is 5.75 Å². The van der Waals surface area contributed by atoms with Crippen LogP contribution in [-0.4, -0.2) is 76.9 Å². The fourth-order valence-electron chi connectivity index (χ4n) is 4.62. The second-order valence-electron chi connectivity index (χ2n) is 9.84. The molecule has 16 heteroatoms. The van der Waals surface area contributed by atoms with Gasteiger partial charge in [0.15, 0.2) is 5.69 Å². The van der Waals surface area contributed by atoms with E-state index in [0.717, 1.165) is 10.9 Å². The normalized spacial score (nSPS) is 22.0. The van der Waals surface area contributed by atoms with Crippen LogP contribution in [0, 0.1) is 0 Å². The van der Waals surface area contributed by atoms with Crippen molar-refractivity contribution in [3.63, 3.8) is 0 Å². The summed E-state index contributed by atoms with van der Waals surface area (Å²) in [5.74, 6) is -1.24. The molecule has 0 saturated heterocycles. The summed E-state index contributed by atoms with van der Waals surface area (Å²) < 4.78 is 93.1. The molecule has 0 spiro atoms. The first-order valence-corrected chi connectivity index (χ1v) is 14.5. The van der Waals surface area contributed by atoms with Gasteiger partial charge in [0.05, 0.1) is 22.1 Å². The molecule has 224 valence electrons. The minimum atomic E-state index is -4.36. The third-order valence-electron chi connectivity index (χ3n) is 6.81. The van der Waals surface area contributed by atoms with Crippen LogP contribution < -0.4 is 10.1 Å². The molecule has 2 aromatic rings. The zero-order valence-electron chi connectivity index (χ0n) is 21.5. The van der Waals surface area contributed by atoms with Crippen molar-refractivity contribution in [3.05, 3.63) is 34.5 Å². The van der Waals surface area contributed by atoms with E-state index >= 15 is 0 Å². The highest BCUT2D eigenvalue weighted by Crippen LogP contribution is 2.38. The Balaban J connectivity index is 1.80. The highest BCUT2D eigenvalue weighted by Gasteiger charge is 2.44. The van der Waals surface area contributed by atoms with Crippen LogP contribution in [0.15, 0.2) is 18.2 Å². The number of carbonyl (C=O) groups excluding carboxylic acids is 1. The minimum absolute atomic E-state index is 0.00655. The van der Waals surface area contributed by atoms with Gasteiger partial charge < -0.3 is 20.3 Å². The summed E-state index contributed by atoms with van der Waals surface area (Å²) in [6.07, 6.45) is -6.33. The van der Waals surface area contributed by atoms with Crippen molar-refractivity contribution in [3.8, 4) is 17.0 Å². The second-order valence-corrected chi connectivity index (χ2v) is 12.5. The number of aliphatic hydroxyl groups excluding tert-OH is 1. The number of carbonyl (C=O) groups is 1. The molecule has 0 bridgehead atoms. The van der Waals surface area contributed by atoms with E-state index in [9.17, 15) is 45.4 Å². The number of nitrogens with zero attached hydrogens (tertiary/aromatic N) is 2. The van der Waals surface area contributed by atoms with Gasteiger partial charge in [0.25, 0.3) is 5.91 Å². The fraction of sp³-hybridized carbons (Fsp3) is 0.583. The van der Waals surface area contributed by atoms with Gasteiger partial charge in [-0.2, -0.15) is 27.1 Å². The fourth-order valence-corrected chi connectivity index (χ4v) is 6.04. The topological polar surface area (TPSA) is 131 Å². The molecule has 40 heavy (non-hydrogen) atoms. The summed E-state index contributed by atoms with van der Waals surface area (Å²) in [4.78, 5) is 12.9. The van der Waals surface area contributed by atoms with Gasteiger partial charge in [-0.3, -0.25) is 9.48 Å². The number of sulfone groups is 1. The van der Waals surface area contributed by atoms with Crippen molar-refractivity contribution in [2.45, 2.75) is 68.3 Å². The maximum atomic E-state index is 13.2. The number of alkyl halides is 5. The largest absolute Gasteiger partial charge is 0.434 e. The van der Waals surface area contributed by atoms with Crippen molar-refractivity contribution >= 4 is 27.3 Å². The van der Waals surface area contributed by atoms with Gasteiger partial charge >= 0.3 is 12.8 Å². The molecule has 3 atom stereocenters. The smallest absolute Gasteiger partial charge is 0.389 e. The quantitative estimate of drug-likeness (QED) is 0.347. The molecule has 9 nitrogen and oxygen atoms in total. The Hall–Kier alpha value is -2.49. The van der Waals surface area contributed by atoms with Crippen molar-refractivity contribution < 1.29 is 50.1 Å². The Morgan fingerprint density at radius 3 is 2.60 bits per heavy atom. The number of nitrogens with one attached hydrogen (secondary N) is 1. The first-order chi connectivity index (χ1) is 18.4. The van der Waals surface area contributed by atoms with Gasteiger partial charge in [0.2, 0.25) is 0 Å². The van der Waals surface area contributed by atoms with Crippen LogP contribution in [-0.2, 0) is 23.3 Å². The molecule has 1 aromatic heterocycles. The third-order valence-corrected chi connectivity index (χ3v) is 8.81. The van der Waals surface area contributed by atoms with Crippen molar-refractivity contribution in [2.24, 2.45) is 7.05 Å². The molecule has 1 aliphatic rings. The number of halogens is 6. The number of aryl methyl sites for hydroxylation is 2. The van der Waals surface area contributed by atoms with Gasteiger partial charge in [0.1, 0.15) is 21.2 Å². The van der Waals surface area contributed by atoms with Crippen LogP contribution in [0.25, 0.3) is 11.3 Å². The summed E-state index contributed by atoms with van der Waals surface area (Å²) in [6, 6.07) is 3.92. The lowest BCUT2D eigenvalue weighted by Gasteiger charge is -2.39. The Kier molecular flexibility index (Phi) is 9.74. The van der Waals surface area contributed by atoms with Gasteiger partial charge in [-0.1, -0.05) is 17.7 Å². The molecule has 1 unspecified atom stereocenters. The predicted octanol–water partition coefficient (Wildman–Crippen LogP) is 3.65. The lowest BCUT2D eigenvalue weighted by molar-refractivity contribution is -0.135. The average molecular weight is 618 g/mol. The molecule has 3 rings (SSSR count). The molecule has 1 amide bonds. The van der Waals surface area contributed by atoms with E-state index in [0.29, 0.717) is 5.56 Å². The van der Waals surface area contributed by atoms with Crippen LogP contribution in [0.4, 0.5) is 22.0 Å². The maximum Gasteiger partial charge on any atom is 0.389 e. The molecule has 1 saturated carbocycles. The van der Waals surface area contributed by atoms with E-state index < -0.39 is 58.5 Å². The van der Waals surface area contributed by atoms with E-state index in [1.807, 2.05) is 0 Å². The van der Waals surface area contributed by atoms with Gasteiger partial charge in [-0.25, -0.2) is 8.42 Å². The number of hydrogen-bond donors (Lipinski definition) is 3. The van der Waals surface area contributed by atoms with E-state index in [-0.39, 0.29) is 59.8 Å². The lowest BCUT2D eigenvalue weighted by Crippen LogP contribution is -2.56. The predicted molar refractivity (Wildman–Crippen MR) is 135 cm³/mol. The van der Waals surface area contributed by atoms with Crippen LogP contribution in [0.1, 0.15) is 48.2 Å². The summed E-state index contributed by atoms with van der Waals surface area (Å²) >= 11 is 6.40. The first-order valence-electron chi connectivity index (χ1n) is 12.2. The summed E-state index contributed by atoms with van der Waals surface area (Å²) in [5.41, 5.74) is -1.80. The number of amides is 1. The number of hydrogen-bond acceptors (Lipinski definition) is 7. The first kappa shape index (κ1) is 32.0. The van der Waals surface area contributed by atoms with Crippen molar-refractivity contribution in [1.82, 2.24) is 15.1 Å². The van der Waals surface area contributed by atoms with Crippen LogP contribution >= 0.6 is 11.6 Å². The van der Waals surface area contributed by atoms with Gasteiger partial charge in [0, 0.05) is 31.8 Å². The van der Waals surface area contributed by atoms with E-state index in [1.165, 1.54) is 25.2 Å². The highest BCUT2D eigenvalue weighted by atomic mass is 35.5. The molecule has 1 aliphatic carbocycles. The second kappa shape index (κ2) is 12.2. The average Bonchev–Trinajstić information content (AvgIpc) is 3.11. The van der Waals surface area contributed by atoms with E-state index in [4.69, 9.17) is 11.6 Å². The number of aliphatic hydroxyl groups is 2. The number of benzene rings is 1. The molecule has 0 aliphatic heterocycles. The third kappa shape index (κ3) is 7.83. The lowest BCUT2D eigenvalue weighted by atomic mass is 9.82. The van der Waals surface area contributed by atoms with Gasteiger partial charge in [-0.05, 0) is 49.8 Å². The SMILES string of the molecule is Cn1nc(C(=O)NC[C@@]2(O)CCC(S(C)(=O)=O)C[C@@H]2O)c(Cl)c1-c1ccc(CCCC(F)(F)F)cc1OC(F)F. The number of aromatic nitrogens is 2. The Bertz CT molecular complexity index is 1340. The van der Waals surface area contributed by atoms with Crippen molar-refractivity contribution in [2.75, 3.05) is 12.8 Å². The monoisotopic (exact) mass is 617 g/mol. The van der Waals surface area contributed by atoms with Crippen LogP contribution in [0.2, 0.25) is 5.02 Å². The summed E-state index contributed by atoms with van der Waals surface area (Å²) in [6.45, 7) is -3.71. The van der Waals surface area contributed by atoms with E-state index in [2.05, 4.69) is 15.2 Å². The zero-order valence-corrected chi connectivity index (χ0v) is 23.1. The summed E-state index contributed by atoms with van der Waals surface area (Å²) in [7, 11) is -2.05. The Morgan fingerprint density at radius 1 is 1.35 bits per heavy atom. The molecular weight excluding hydrogens is 589 g/mol. The summed E-state index contributed by atoms with van der Waals surface area (Å²) in [5, 5.41) is 26.6. The number of rotatable bonds is 10. The van der Waals surface area contributed by atoms with Crippen LogP contribution in [0.3, 0.4) is 0 Å². The standard InChI is InChI=1S/C24H29ClF5N3O6S/c1-33-20(15-6-5-13(4-3-8-24(28,29)30)10-16(15)39-22(26)27)18(25)19(32-33)21(35)31-12-23(36)9-7-14(11-17(23)34)40(2,37)38/h5-6,10,14,17,22,34,36H,3-4,7-9,11-12H2,1-2H3,(H,31,35)/t14?,17-,23-/m0/s1. The minimum Gasteiger partial charge on any atom is -0.434 e. The molecule has 0 radical (unpaired) electrons. The van der Waals surface area contributed by atoms with E-state index in [1.54, 1.807) is 0 Å². The Morgan fingerprint density at radius 2 is 2.02 bits per heavy atom. The number of ether oxygens (including phenoxy) is 1. The molecule has 3 N–H and O–H groups in total. The molecule has 1 aromatic carbocycles. The van der Waals surface area contributed by atoms with Gasteiger partial charge in [-0.15, -0.1) is 0 Å². The van der Waals surface area contributed by atoms with Crippen molar-refractivity contribution in [1.29, 1.82) is 0 Å². The zero-order chi connectivity index (χ0) is 30.0. The highest BCUT2D eigenvalue weighted by molar-refractivity contribution is 7.91. The molecule has 1 fully saturated rings. The molecule has 1 heterocycles.